The molecule has 0 radical (unpaired) electrons. The van der Waals surface area contributed by atoms with Gasteiger partial charge in [0.1, 0.15) is 0 Å². The largest absolute Gasteiger partial charge is 0.392 e. The van der Waals surface area contributed by atoms with Crippen molar-refractivity contribution < 1.29 is 5.11 Å². The van der Waals surface area contributed by atoms with Crippen molar-refractivity contribution in [3.05, 3.63) is 5.82 Å². The van der Waals surface area contributed by atoms with E-state index in [1.54, 1.807) is 4.68 Å². The van der Waals surface area contributed by atoms with Gasteiger partial charge in [-0.05, 0) is 29.7 Å². The highest BCUT2D eigenvalue weighted by atomic mass is 16.3. The van der Waals surface area contributed by atoms with E-state index in [0.717, 1.165) is 25.1 Å². The number of aliphatic hydroxyl groups is 1. The van der Waals surface area contributed by atoms with Gasteiger partial charge in [0.15, 0.2) is 5.82 Å². The van der Waals surface area contributed by atoms with Crippen molar-refractivity contribution >= 4 is 0 Å². The van der Waals surface area contributed by atoms with Gasteiger partial charge in [0.25, 0.3) is 0 Å². The predicted octanol–water partition coefficient (Wildman–Crippen LogP) is -0.787. The molecule has 0 amide bonds. The van der Waals surface area contributed by atoms with Crippen LogP contribution < -0.4 is 5.32 Å². The van der Waals surface area contributed by atoms with Crippen molar-refractivity contribution in [3.8, 4) is 0 Å². The van der Waals surface area contributed by atoms with Crippen LogP contribution in [0.15, 0.2) is 0 Å². The summed E-state index contributed by atoms with van der Waals surface area (Å²) in [5, 5.41) is 24.0. The van der Waals surface area contributed by atoms with Crippen LogP contribution in [0.2, 0.25) is 0 Å². The molecule has 0 spiro atoms. The molecule has 78 valence electrons. The molecule has 2 atom stereocenters. The number of aryl methyl sites for hydroxylation is 1. The normalized spacial score (nSPS) is 27.0. The maximum absolute atomic E-state index is 9.57. The summed E-state index contributed by atoms with van der Waals surface area (Å²) in [4.78, 5) is 0. The lowest BCUT2D eigenvalue weighted by Gasteiger charge is -2.15. The third-order valence-corrected chi connectivity index (χ3v) is 2.71. The molecule has 2 unspecified atom stereocenters. The van der Waals surface area contributed by atoms with Gasteiger partial charge in [-0.1, -0.05) is 0 Å². The van der Waals surface area contributed by atoms with Crippen LogP contribution in [0.3, 0.4) is 0 Å². The molecule has 1 aromatic rings. The first-order valence-corrected chi connectivity index (χ1v) is 4.90. The fourth-order valence-electron chi connectivity index (χ4n) is 1.80. The van der Waals surface area contributed by atoms with Gasteiger partial charge in [0, 0.05) is 13.1 Å². The molecular formula is C8H15N5O. The maximum atomic E-state index is 9.57. The summed E-state index contributed by atoms with van der Waals surface area (Å²) in [6.45, 7) is 0.616. The maximum Gasteiger partial charge on any atom is 0.164 e. The Kier molecular flexibility index (Phi) is 2.74. The third kappa shape index (κ3) is 1.91. The van der Waals surface area contributed by atoms with Gasteiger partial charge in [-0.15, -0.1) is 5.10 Å². The Morgan fingerprint density at radius 2 is 2.43 bits per heavy atom. The minimum Gasteiger partial charge on any atom is -0.392 e. The number of hydrogen-bond acceptors (Lipinski definition) is 5. The topological polar surface area (TPSA) is 75.9 Å². The third-order valence-electron chi connectivity index (χ3n) is 2.71. The number of aromatic nitrogens is 4. The molecule has 2 rings (SSSR count). The monoisotopic (exact) mass is 197 g/mol. The Morgan fingerprint density at radius 3 is 3.00 bits per heavy atom. The minimum atomic E-state index is -0.212. The van der Waals surface area contributed by atoms with E-state index in [9.17, 15) is 5.11 Å². The Labute approximate surface area is 82.3 Å². The van der Waals surface area contributed by atoms with Crippen molar-refractivity contribution in [3.63, 3.8) is 0 Å². The highest BCUT2D eigenvalue weighted by Gasteiger charge is 2.24. The van der Waals surface area contributed by atoms with E-state index in [4.69, 9.17) is 0 Å². The van der Waals surface area contributed by atoms with Gasteiger partial charge < -0.3 is 10.4 Å². The lowest BCUT2D eigenvalue weighted by Crippen LogP contribution is -2.35. The quantitative estimate of drug-likeness (QED) is 0.664. The average molecular weight is 197 g/mol. The fraction of sp³-hybridized carbons (Fsp3) is 0.875. The number of nitrogens with one attached hydrogen (secondary N) is 1. The van der Waals surface area contributed by atoms with Crippen molar-refractivity contribution in [2.45, 2.75) is 38.0 Å². The standard InChI is InChI=1S/C8H15N5O/c1-13-8(10-11-12-13)5-9-6-3-2-4-7(6)14/h6-7,9,14H,2-5H2,1H3. The van der Waals surface area contributed by atoms with Crippen LogP contribution in [0, 0.1) is 0 Å². The SMILES string of the molecule is Cn1nnnc1CNC1CCCC1O. The summed E-state index contributed by atoms with van der Waals surface area (Å²) < 4.78 is 1.63. The van der Waals surface area contributed by atoms with Crippen LogP contribution >= 0.6 is 0 Å². The van der Waals surface area contributed by atoms with E-state index in [1.807, 2.05) is 7.05 Å². The van der Waals surface area contributed by atoms with Crippen LogP contribution in [0.25, 0.3) is 0 Å². The molecule has 1 fully saturated rings. The molecule has 6 nitrogen and oxygen atoms in total. The molecule has 0 saturated heterocycles. The molecule has 1 heterocycles. The molecule has 0 aliphatic heterocycles. The van der Waals surface area contributed by atoms with E-state index in [0.29, 0.717) is 6.54 Å². The first-order valence-electron chi connectivity index (χ1n) is 4.90. The van der Waals surface area contributed by atoms with Gasteiger partial charge in [0.05, 0.1) is 12.6 Å². The number of rotatable bonds is 3. The number of nitrogens with zero attached hydrogens (tertiary/aromatic N) is 4. The van der Waals surface area contributed by atoms with Crippen LogP contribution in [0.1, 0.15) is 25.1 Å². The Balaban J connectivity index is 1.85. The zero-order valence-electron chi connectivity index (χ0n) is 8.22. The zero-order chi connectivity index (χ0) is 9.97. The molecule has 0 bridgehead atoms. The van der Waals surface area contributed by atoms with Crippen LogP contribution in [-0.4, -0.2) is 37.5 Å². The minimum absolute atomic E-state index is 0.201. The van der Waals surface area contributed by atoms with Crippen LogP contribution in [0.5, 0.6) is 0 Å². The Bertz CT molecular complexity index is 300. The second-order valence-electron chi connectivity index (χ2n) is 3.70. The number of aliphatic hydroxyl groups excluding tert-OH is 1. The van der Waals surface area contributed by atoms with E-state index in [-0.39, 0.29) is 12.1 Å². The first kappa shape index (κ1) is 9.54. The number of hydrogen-bond donors (Lipinski definition) is 2. The second-order valence-corrected chi connectivity index (χ2v) is 3.70. The lowest BCUT2D eigenvalue weighted by molar-refractivity contribution is 0.148. The molecular weight excluding hydrogens is 182 g/mol. The van der Waals surface area contributed by atoms with Crippen molar-refractivity contribution in [1.82, 2.24) is 25.5 Å². The lowest BCUT2D eigenvalue weighted by atomic mass is 10.2. The van der Waals surface area contributed by atoms with Gasteiger partial charge >= 0.3 is 0 Å². The number of tetrazole rings is 1. The van der Waals surface area contributed by atoms with Crippen LogP contribution in [-0.2, 0) is 13.6 Å². The van der Waals surface area contributed by atoms with Crippen LogP contribution in [0.4, 0.5) is 0 Å². The summed E-state index contributed by atoms with van der Waals surface area (Å²) >= 11 is 0. The summed E-state index contributed by atoms with van der Waals surface area (Å²) in [6, 6.07) is 0.201. The molecule has 2 N–H and O–H groups in total. The molecule has 1 saturated carbocycles. The summed E-state index contributed by atoms with van der Waals surface area (Å²) in [5.74, 6) is 0.795. The van der Waals surface area contributed by atoms with E-state index < -0.39 is 0 Å². The van der Waals surface area contributed by atoms with E-state index >= 15 is 0 Å². The van der Waals surface area contributed by atoms with Crippen molar-refractivity contribution in [2.24, 2.45) is 7.05 Å². The summed E-state index contributed by atoms with van der Waals surface area (Å²) in [7, 11) is 1.81. The van der Waals surface area contributed by atoms with Gasteiger partial charge in [-0.3, -0.25) is 0 Å². The zero-order valence-corrected chi connectivity index (χ0v) is 8.22. The molecule has 1 aliphatic carbocycles. The van der Waals surface area contributed by atoms with Gasteiger partial charge in [-0.25, -0.2) is 4.68 Å². The molecule has 1 aromatic heterocycles. The smallest absolute Gasteiger partial charge is 0.164 e. The predicted molar refractivity (Wildman–Crippen MR) is 49.3 cm³/mol. The molecule has 14 heavy (non-hydrogen) atoms. The van der Waals surface area contributed by atoms with Crippen molar-refractivity contribution in [1.29, 1.82) is 0 Å². The van der Waals surface area contributed by atoms with E-state index in [2.05, 4.69) is 20.8 Å². The molecule has 1 aliphatic rings. The Hall–Kier alpha value is -1.01. The highest BCUT2D eigenvalue weighted by molar-refractivity contribution is 4.86. The van der Waals surface area contributed by atoms with Gasteiger partial charge in [-0.2, -0.15) is 0 Å². The Morgan fingerprint density at radius 1 is 1.57 bits per heavy atom. The molecule has 6 heteroatoms. The fourth-order valence-corrected chi connectivity index (χ4v) is 1.80. The summed E-state index contributed by atoms with van der Waals surface area (Å²) in [6.07, 6.45) is 2.81. The molecule has 0 aromatic carbocycles. The van der Waals surface area contributed by atoms with Gasteiger partial charge in [0.2, 0.25) is 0 Å². The highest BCUT2D eigenvalue weighted by Crippen LogP contribution is 2.18. The van der Waals surface area contributed by atoms with E-state index in [1.165, 1.54) is 0 Å². The summed E-state index contributed by atoms with van der Waals surface area (Å²) in [5.41, 5.74) is 0. The average Bonchev–Trinajstić information content (AvgIpc) is 2.72. The second kappa shape index (κ2) is 4.02. The van der Waals surface area contributed by atoms with Crippen molar-refractivity contribution in [2.75, 3.05) is 0 Å². The first-order chi connectivity index (χ1) is 6.77.